The average molecular weight is 505 g/mol. The minimum atomic E-state index is 0.889. The van der Waals surface area contributed by atoms with Crippen molar-refractivity contribution in [1.29, 1.82) is 0 Å². The van der Waals surface area contributed by atoms with E-state index in [0.717, 1.165) is 48.6 Å². The maximum absolute atomic E-state index is 6.06. The SMILES string of the molecule is Cc1c(SCCCN2CCN(Cc3ccc(Cl)s3)CC2)ccnc1CSc1ccncc1. The van der Waals surface area contributed by atoms with Crippen LogP contribution in [0.1, 0.15) is 22.6 Å². The molecule has 0 aliphatic carbocycles. The van der Waals surface area contributed by atoms with Crippen LogP contribution in [0.5, 0.6) is 0 Å². The summed E-state index contributed by atoms with van der Waals surface area (Å²) in [6, 6.07) is 10.4. The van der Waals surface area contributed by atoms with Crippen molar-refractivity contribution in [3.8, 4) is 0 Å². The molecule has 0 unspecified atom stereocenters. The molecule has 0 amide bonds. The van der Waals surface area contributed by atoms with E-state index >= 15 is 0 Å². The summed E-state index contributed by atoms with van der Waals surface area (Å²) >= 11 is 11.5. The van der Waals surface area contributed by atoms with Gasteiger partial charge in [0.25, 0.3) is 0 Å². The van der Waals surface area contributed by atoms with E-state index in [9.17, 15) is 0 Å². The standard InChI is InChI=1S/C24H29ClN4S3/c1-19-22(18-31-20-5-8-26-9-6-20)27-10-7-23(19)30-16-2-11-28-12-14-29(15-13-28)17-21-3-4-24(25)32-21/h3-10H,2,11-18H2,1H3. The molecule has 8 heteroatoms. The van der Waals surface area contributed by atoms with Gasteiger partial charge in [0.1, 0.15) is 0 Å². The van der Waals surface area contributed by atoms with Crippen LogP contribution < -0.4 is 0 Å². The first kappa shape index (κ1) is 24.0. The predicted octanol–water partition coefficient (Wildman–Crippen LogP) is 6.09. The van der Waals surface area contributed by atoms with E-state index in [1.54, 1.807) is 11.3 Å². The molecular weight excluding hydrogens is 476 g/mol. The second-order valence-electron chi connectivity index (χ2n) is 7.88. The fourth-order valence-corrected chi connectivity index (χ4v) is 6.77. The lowest BCUT2D eigenvalue weighted by Gasteiger charge is -2.34. The van der Waals surface area contributed by atoms with Crippen molar-refractivity contribution >= 4 is 46.5 Å². The third-order valence-electron chi connectivity index (χ3n) is 5.63. The summed E-state index contributed by atoms with van der Waals surface area (Å²) < 4.78 is 0.889. The fraction of sp³-hybridized carbons (Fsp3) is 0.417. The highest BCUT2D eigenvalue weighted by atomic mass is 35.5. The third-order valence-corrected chi connectivity index (χ3v) is 9.12. The quantitative estimate of drug-likeness (QED) is 0.245. The van der Waals surface area contributed by atoms with Crippen LogP contribution in [0.25, 0.3) is 0 Å². The molecule has 1 saturated heterocycles. The highest BCUT2D eigenvalue weighted by Crippen LogP contribution is 2.28. The van der Waals surface area contributed by atoms with Crippen molar-refractivity contribution in [3.05, 3.63) is 69.4 Å². The lowest BCUT2D eigenvalue weighted by molar-refractivity contribution is 0.128. The van der Waals surface area contributed by atoms with E-state index in [4.69, 9.17) is 11.6 Å². The third kappa shape index (κ3) is 7.20. The largest absolute Gasteiger partial charge is 0.301 e. The number of hydrogen-bond donors (Lipinski definition) is 0. The molecule has 32 heavy (non-hydrogen) atoms. The van der Waals surface area contributed by atoms with E-state index in [-0.39, 0.29) is 0 Å². The summed E-state index contributed by atoms with van der Waals surface area (Å²) in [6.45, 7) is 9.03. The molecule has 0 atom stereocenters. The fourth-order valence-electron chi connectivity index (χ4n) is 3.75. The van der Waals surface area contributed by atoms with Gasteiger partial charge in [-0.2, -0.15) is 0 Å². The van der Waals surface area contributed by atoms with E-state index in [2.05, 4.69) is 51.0 Å². The van der Waals surface area contributed by atoms with Gasteiger partial charge in [-0.1, -0.05) is 11.6 Å². The molecule has 170 valence electrons. The van der Waals surface area contributed by atoms with Crippen LogP contribution >= 0.6 is 46.5 Å². The molecular formula is C24H29ClN4S3. The molecule has 4 rings (SSSR count). The highest BCUT2D eigenvalue weighted by Gasteiger charge is 2.17. The first-order valence-electron chi connectivity index (χ1n) is 11.0. The molecule has 0 saturated carbocycles. The Kier molecular flexibility index (Phi) is 9.31. The van der Waals surface area contributed by atoms with Crippen LogP contribution in [0.2, 0.25) is 4.34 Å². The molecule has 1 fully saturated rings. The summed E-state index contributed by atoms with van der Waals surface area (Å²) in [6.07, 6.45) is 6.86. The summed E-state index contributed by atoms with van der Waals surface area (Å²) in [5, 5.41) is 0. The minimum Gasteiger partial charge on any atom is -0.301 e. The normalized spacial score (nSPS) is 15.3. The van der Waals surface area contributed by atoms with Gasteiger partial charge < -0.3 is 4.90 Å². The van der Waals surface area contributed by atoms with Gasteiger partial charge in [-0.3, -0.25) is 14.9 Å². The molecule has 1 aliphatic rings. The van der Waals surface area contributed by atoms with Crippen molar-refractivity contribution in [1.82, 2.24) is 19.8 Å². The Bertz CT molecular complexity index is 974. The van der Waals surface area contributed by atoms with E-state index in [0.29, 0.717) is 0 Å². The lowest BCUT2D eigenvalue weighted by atomic mass is 10.2. The summed E-state index contributed by atoms with van der Waals surface area (Å²) in [4.78, 5) is 17.8. The van der Waals surface area contributed by atoms with Gasteiger partial charge >= 0.3 is 0 Å². The summed E-state index contributed by atoms with van der Waals surface area (Å²) in [7, 11) is 0. The Hall–Kier alpha value is -1.09. The first-order valence-corrected chi connectivity index (χ1v) is 14.1. The Morgan fingerprint density at radius 1 is 0.969 bits per heavy atom. The minimum absolute atomic E-state index is 0.889. The zero-order valence-electron chi connectivity index (χ0n) is 18.4. The van der Waals surface area contributed by atoms with Gasteiger partial charge in [-0.05, 0) is 61.5 Å². The van der Waals surface area contributed by atoms with E-state index in [1.165, 1.54) is 38.9 Å². The topological polar surface area (TPSA) is 32.3 Å². The van der Waals surface area contributed by atoms with Crippen LogP contribution in [-0.4, -0.2) is 58.2 Å². The lowest BCUT2D eigenvalue weighted by Crippen LogP contribution is -2.46. The molecule has 3 aromatic rings. The number of pyridine rings is 2. The van der Waals surface area contributed by atoms with E-state index in [1.807, 2.05) is 48.2 Å². The van der Waals surface area contributed by atoms with Crippen LogP contribution in [0.4, 0.5) is 0 Å². The number of halogens is 1. The number of hydrogen-bond acceptors (Lipinski definition) is 7. The molecule has 0 N–H and O–H groups in total. The Morgan fingerprint density at radius 3 is 2.50 bits per heavy atom. The van der Waals surface area contributed by atoms with Crippen molar-refractivity contribution < 1.29 is 0 Å². The smallest absolute Gasteiger partial charge is 0.0931 e. The summed E-state index contributed by atoms with van der Waals surface area (Å²) in [5.74, 6) is 2.04. The van der Waals surface area contributed by atoms with Crippen molar-refractivity contribution in [3.63, 3.8) is 0 Å². The van der Waals surface area contributed by atoms with Crippen molar-refractivity contribution in [2.24, 2.45) is 0 Å². The van der Waals surface area contributed by atoms with E-state index < -0.39 is 0 Å². The maximum atomic E-state index is 6.06. The number of nitrogens with zero attached hydrogens (tertiary/aromatic N) is 4. The van der Waals surface area contributed by atoms with Crippen LogP contribution in [0.3, 0.4) is 0 Å². The van der Waals surface area contributed by atoms with Crippen molar-refractivity contribution in [2.45, 2.75) is 35.4 Å². The second kappa shape index (κ2) is 12.4. The van der Waals surface area contributed by atoms with Gasteiger partial charge in [-0.25, -0.2) is 0 Å². The zero-order valence-corrected chi connectivity index (χ0v) is 21.6. The number of piperazine rings is 1. The number of thioether (sulfide) groups is 2. The number of rotatable bonds is 10. The number of thiophene rings is 1. The predicted molar refractivity (Wildman–Crippen MR) is 139 cm³/mol. The molecule has 0 spiro atoms. The van der Waals surface area contributed by atoms with Gasteiger partial charge in [0, 0.05) is 71.7 Å². The average Bonchev–Trinajstić information content (AvgIpc) is 3.23. The Labute approximate surface area is 208 Å². The van der Waals surface area contributed by atoms with Crippen LogP contribution in [-0.2, 0) is 12.3 Å². The van der Waals surface area contributed by atoms with Crippen LogP contribution in [0, 0.1) is 6.92 Å². The molecule has 4 heterocycles. The molecule has 0 aromatic carbocycles. The van der Waals surface area contributed by atoms with Gasteiger partial charge in [-0.15, -0.1) is 34.9 Å². The Balaban J connectivity index is 1.16. The molecule has 0 bridgehead atoms. The zero-order chi connectivity index (χ0) is 22.2. The first-order chi connectivity index (χ1) is 15.7. The monoisotopic (exact) mass is 504 g/mol. The second-order valence-corrected chi connectivity index (χ2v) is 11.9. The molecule has 1 aliphatic heterocycles. The molecule has 3 aromatic heterocycles. The highest BCUT2D eigenvalue weighted by molar-refractivity contribution is 7.99. The van der Waals surface area contributed by atoms with Gasteiger partial charge in [0.05, 0.1) is 10.0 Å². The molecule has 4 nitrogen and oxygen atoms in total. The van der Waals surface area contributed by atoms with Gasteiger partial charge in [0.15, 0.2) is 0 Å². The molecule has 0 radical (unpaired) electrons. The van der Waals surface area contributed by atoms with Crippen LogP contribution in [0.15, 0.2) is 58.7 Å². The number of aromatic nitrogens is 2. The van der Waals surface area contributed by atoms with Crippen molar-refractivity contribution in [2.75, 3.05) is 38.5 Å². The maximum Gasteiger partial charge on any atom is 0.0931 e. The summed E-state index contributed by atoms with van der Waals surface area (Å²) in [5.41, 5.74) is 2.50. The Morgan fingerprint density at radius 2 is 1.75 bits per heavy atom. The van der Waals surface area contributed by atoms with Gasteiger partial charge in [0.2, 0.25) is 0 Å².